The van der Waals surface area contributed by atoms with E-state index in [0.717, 1.165) is 26.2 Å². The van der Waals surface area contributed by atoms with Crippen LogP contribution in [0, 0.1) is 0 Å². The predicted molar refractivity (Wildman–Crippen MR) is 133 cm³/mol. The van der Waals surface area contributed by atoms with Crippen LogP contribution in [0.25, 0.3) is 0 Å². The molecule has 0 bridgehead atoms. The van der Waals surface area contributed by atoms with Gasteiger partial charge in [0.2, 0.25) is 0 Å². The van der Waals surface area contributed by atoms with Crippen LogP contribution in [-0.2, 0) is 4.74 Å². The number of piperazine rings is 1. The predicted octanol–water partition coefficient (Wildman–Crippen LogP) is 4.27. The molecule has 0 aromatic heterocycles. The summed E-state index contributed by atoms with van der Waals surface area (Å²) in [4.78, 5) is 17.4. The van der Waals surface area contributed by atoms with Crippen LogP contribution in [-0.4, -0.2) is 69.3 Å². The molecule has 3 aromatic rings. The molecule has 0 saturated carbocycles. The van der Waals surface area contributed by atoms with E-state index in [2.05, 4.69) is 70.5 Å². The lowest BCUT2D eigenvalue weighted by molar-refractivity contribution is 0.0407. The first-order valence-electron chi connectivity index (χ1n) is 11.6. The Balaban J connectivity index is 1.30. The van der Waals surface area contributed by atoms with E-state index in [1.165, 1.54) is 11.1 Å². The van der Waals surface area contributed by atoms with Gasteiger partial charge in [0.25, 0.3) is 0 Å². The fourth-order valence-corrected chi connectivity index (χ4v) is 4.44. The molecule has 34 heavy (non-hydrogen) atoms. The van der Waals surface area contributed by atoms with Gasteiger partial charge in [0.15, 0.2) is 11.5 Å². The number of carbonyl (C=O) groups is 1. The number of ether oxygens (including phenoxy) is 3. The fourth-order valence-electron chi connectivity index (χ4n) is 4.44. The van der Waals surface area contributed by atoms with Crippen LogP contribution >= 0.6 is 0 Å². The highest BCUT2D eigenvalue weighted by Crippen LogP contribution is 2.30. The summed E-state index contributed by atoms with van der Waals surface area (Å²) in [7, 11) is 3.12. The summed E-state index contributed by atoms with van der Waals surface area (Å²) in [6.45, 7) is 4.85. The molecule has 1 fully saturated rings. The first kappa shape index (κ1) is 23.8. The van der Waals surface area contributed by atoms with E-state index in [1.54, 1.807) is 32.4 Å². The summed E-state index contributed by atoms with van der Waals surface area (Å²) in [5.74, 6) is 0.744. The quantitative estimate of drug-likeness (QED) is 0.445. The van der Waals surface area contributed by atoms with Crippen molar-refractivity contribution in [1.29, 1.82) is 0 Å². The Morgan fingerprint density at radius 1 is 0.794 bits per heavy atom. The van der Waals surface area contributed by atoms with E-state index in [4.69, 9.17) is 14.2 Å². The van der Waals surface area contributed by atoms with Crippen molar-refractivity contribution < 1.29 is 19.0 Å². The molecular weight excluding hydrogens is 428 g/mol. The molecule has 0 atom stereocenters. The summed E-state index contributed by atoms with van der Waals surface area (Å²) >= 11 is 0. The number of hydrogen-bond donors (Lipinski definition) is 0. The molecule has 0 unspecified atom stereocenters. The highest BCUT2D eigenvalue weighted by molar-refractivity contribution is 5.90. The zero-order valence-corrected chi connectivity index (χ0v) is 19.9. The van der Waals surface area contributed by atoms with Crippen LogP contribution < -0.4 is 9.47 Å². The lowest BCUT2D eigenvalue weighted by Crippen LogP contribution is -2.48. The third kappa shape index (κ3) is 5.76. The minimum Gasteiger partial charge on any atom is -0.493 e. The van der Waals surface area contributed by atoms with E-state index in [1.807, 2.05) is 0 Å². The van der Waals surface area contributed by atoms with E-state index in [0.29, 0.717) is 30.2 Å². The lowest BCUT2D eigenvalue weighted by atomic mass is 9.96. The van der Waals surface area contributed by atoms with Gasteiger partial charge in [-0.05, 0) is 29.3 Å². The van der Waals surface area contributed by atoms with Crippen molar-refractivity contribution in [2.45, 2.75) is 6.04 Å². The van der Waals surface area contributed by atoms with Crippen LogP contribution in [0.2, 0.25) is 0 Å². The number of esters is 1. The zero-order valence-electron chi connectivity index (χ0n) is 19.9. The monoisotopic (exact) mass is 460 g/mol. The second-order valence-corrected chi connectivity index (χ2v) is 8.31. The molecule has 0 aliphatic carbocycles. The summed E-state index contributed by atoms with van der Waals surface area (Å²) in [6, 6.07) is 26.7. The fraction of sp³-hybridized carbons (Fsp3) is 0.321. The number of methoxy groups -OCH3 is 2. The number of hydrogen-bond acceptors (Lipinski definition) is 6. The largest absolute Gasteiger partial charge is 0.493 e. The van der Waals surface area contributed by atoms with Gasteiger partial charge in [-0.2, -0.15) is 0 Å². The van der Waals surface area contributed by atoms with Crippen LogP contribution in [0.1, 0.15) is 27.5 Å². The van der Waals surface area contributed by atoms with Crippen molar-refractivity contribution in [2.24, 2.45) is 0 Å². The summed E-state index contributed by atoms with van der Waals surface area (Å²) in [5, 5.41) is 0. The van der Waals surface area contributed by atoms with Gasteiger partial charge in [-0.15, -0.1) is 0 Å². The van der Waals surface area contributed by atoms with Crippen molar-refractivity contribution in [1.82, 2.24) is 9.80 Å². The molecule has 6 nitrogen and oxygen atoms in total. The normalized spacial score (nSPS) is 14.7. The Morgan fingerprint density at radius 3 is 1.94 bits per heavy atom. The second-order valence-electron chi connectivity index (χ2n) is 8.31. The third-order valence-electron chi connectivity index (χ3n) is 6.26. The maximum Gasteiger partial charge on any atom is 0.338 e. The smallest absolute Gasteiger partial charge is 0.338 e. The van der Waals surface area contributed by atoms with Crippen LogP contribution in [0.4, 0.5) is 0 Å². The highest BCUT2D eigenvalue weighted by atomic mass is 16.5. The minimum absolute atomic E-state index is 0.243. The molecule has 0 radical (unpaired) electrons. The molecule has 178 valence electrons. The van der Waals surface area contributed by atoms with Crippen molar-refractivity contribution in [3.63, 3.8) is 0 Å². The van der Waals surface area contributed by atoms with Crippen molar-refractivity contribution in [2.75, 3.05) is 53.6 Å². The molecule has 1 aliphatic heterocycles. The van der Waals surface area contributed by atoms with Crippen molar-refractivity contribution >= 4 is 5.97 Å². The van der Waals surface area contributed by atoms with E-state index >= 15 is 0 Å². The molecular formula is C28H32N2O4. The van der Waals surface area contributed by atoms with Gasteiger partial charge in [0.1, 0.15) is 6.61 Å². The summed E-state index contributed by atoms with van der Waals surface area (Å²) < 4.78 is 16.0. The van der Waals surface area contributed by atoms with Gasteiger partial charge in [-0.25, -0.2) is 4.79 Å². The van der Waals surface area contributed by atoms with Gasteiger partial charge < -0.3 is 14.2 Å². The SMILES string of the molecule is COc1ccc(C(=O)OCCN2CCN(C(c3ccccc3)c3ccccc3)CC2)cc1OC. The van der Waals surface area contributed by atoms with Crippen LogP contribution in [0.5, 0.6) is 11.5 Å². The Hall–Kier alpha value is -3.35. The summed E-state index contributed by atoms with van der Waals surface area (Å²) in [5.41, 5.74) is 3.08. The Kier molecular flexibility index (Phi) is 8.17. The molecule has 3 aromatic carbocycles. The van der Waals surface area contributed by atoms with Gasteiger partial charge in [-0.1, -0.05) is 60.7 Å². The third-order valence-corrected chi connectivity index (χ3v) is 6.26. The zero-order chi connectivity index (χ0) is 23.8. The van der Waals surface area contributed by atoms with E-state index in [9.17, 15) is 4.79 Å². The van der Waals surface area contributed by atoms with Gasteiger partial charge >= 0.3 is 5.97 Å². The first-order chi connectivity index (χ1) is 16.7. The first-order valence-corrected chi connectivity index (χ1v) is 11.6. The molecule has 1 saturated heterocycles. The lowest BCUT2D eigenvalue weighted by Gasteiger charge is -2.39. The molecule has 1 aliphatic rings. The highest BCUT2D eigenvalue weighted by Gasteiger charge is 2.26. The van der Waals surface area contributed by atoms with Gasteiger partial charge in [-0.3, -0.25) is 9.80 Å². The molecule has 1 heterocycles. The maximum atomic E-state index is 12.5. The standard InChI is InChI=1S/C28H32N2O4/c1-32-25-14-13-24(21-26(25)33-2)28(31)34-20-19-29-15-17-30(18-16-29)27(22-9-5-3-6-10-22)23-11-7-4-8-12-23/h3-14,21,27H,15-20H2,1-2H3. The van der Waals surface area contributed by atoms with Crippen molar-refractivity contribution in [3.8, 4) is 11.5 Å². The Bertz CT molecular complexity index is 1010. The number of benzene rings is 3. The Labute approximate surface area is 201 Å². The average Bonchev–Trinajstić information content (AvgIpc) is 2.90. The molecule has 0 amide bonds. The average molecular weight is 461 g/mol. The summed E-state index contributed by atoms with van der Waals surface area (Å²) in [6.07, 6.45) is 0. The van der Waals surface area contributed by atoms with E-state index in [-0.39, 0.29) is 12.0 Å². The molecule has 0 N–H and O–H groups in total. The molecule has 6 heteroatoms. The topological polar surface area (TPSA) is 51.2 Å². The Morgan fingerprint density at radius 2 is 1.38 bits per heavy atom. The molecule has 4 rings (SSSR count). The maximum absolute atomic E-state index is 12.5. The number of rotatable bonds is 9. The minimum atomic E-state index is -0.354. The van der Waals surface area contributed by atoms with Gasteiger partial charge in [0.05, 0.1) is 25.8 Å². The van der Waals surface area contributed by atoms with Gasteiger partial charge in [0, 0.05) is 32.7 Å². The van der Waals surface area contributed by atoms with Crippen LogP contribution in [0.15, 0.2) is 78.9 Å². The van der Waals surface area contributed by atoms with E-state index < -0.39 is 0 Å². The number of nitrogens with zero attached hydrogens (tertiary/aromatic N) is 2. The number of carbonyl (C=O) groups excluding carboxylic acids is 1. The molecule has 0 spiro atoms. The van der Waals surface area contributed by atoms with Crippen LogP contribution in [0.3, 0.4) is 0 Å². The van der Waals surface area contributed by atoms with Crippen molar-refractivity contribution in [3.05, 3.63) is 95.6 Å². The second kappa shape index (κ2) is 11.7.